The third kappa shape index (κ3) is 6.78. The van der Waals surface area contributed by atoms with E-state index in [1.165, 1.54) is 0 Å². The molecule has 1 unspecified atom stereocenters. The van der Waals surface area contributed by atoms with E-state index < -0.39 is 105 Å². The van der Waals surface area contributed by atoms with Crippen LogP contribution in [0, 0.1) is 5.92 Å². The Balaban J connectivity index is 1.44. The van der Waals surface area contributed by atoms with Crippen LogP contribution >= 0.6 is 0 Å². The molecule has 3 saturated heterocycles. The highest BCUT2D eigenvalue weighted by atomic mass is 16.7. The van der Waals surface area contributed by atoms with E-state index >= 15 is 0 Å². The number of hydrogen-bond donors (Lipinski definition) is 10. The predicted octanol–water partition coefficient (Wildman–Crippen LogP) is -5.53. The Morgan fingerprint density at radius 1 is 0.700 bits per heavy atom. The van der Waals surface area contributed by atoms with Crippen molar-refractivity contribution < 1.29 is 54.0 Å². The summed E-state index contributed by atoms with van der Waals surface area (Å²) in [4.78, 5) is 0. The van der Waals surface area contributed by atoms with Gasteiger partial charge >= 0.3 is 0 Å². The molecule has 0 bridgehead atoms. The molecular weight excluding hydrogens is 534 g/mol. The number of rotatable bonds is 9. The molecule has 4 aliphatic rings. The lowest BCUT2D eigenvalue weighted by molar-refractivity contribution is -0.292. The molecule has 15 N–H and O–H groups in total. The van der Waals surface area contributed by atoms with Crippen LogP contribution in [0.25, 0.3) is 0 Å². The molecule has 4 fully saturated rings. The average Bonchev–Trinajstić information content (AvgIpc) is 3.31. The van der Waals surface area contributed by atoms with E-state index in [-0.39, 0.29) is 31.8 Å². The molecule has 1 saturated carbocycles. The Morgan fingerprint density at radius 2 is 1.38 bits per heavy atom. The lowest BCUT2D eigenvalue weighted by Crippen LogP contribution is -2.63. The highest BCUT2D eigenvalue weighted by Gasteiger charge is 2.50. The summed E-state index contributed by atoms with van der Waals surface area (Å²) in [6.07, 6.45) is -11.6. The van der Waals surface area contributed by atoms with Crippen molar-refractivity contribution in [3.05, 3.63) is 0 Å². The summed E-state index contributed by atoms with van der Waals surface area (Å²) in [5, 5.41) is 51.6. The van der Waals surface area contributed by atoms with Crippen molar-refractivity contribution in [1.29, 1.82) is 0 Å². The third-order valence-electron chi connectivity index (χ3n) is 8.38. The van der Waals surface area contributed by atoms with E-state index in [0.717, 1.165) is 0 Å². The van der Waals surface area contributed by atoms with Crippen molar-refractivity contribution in [2.75, 3.05) is 19.7 Å². The second-order valence-corrected chi connectivity index (χ2v) is 11.3. The van der Waals surface area contributed by atoms with E-state index in [4.69, 9.17) is 57.1 Å². The largest absolute Gasteiger partial charge is 0.394 e. The van der Waals surface area contributed by atoms with Crippen LogP contribution in [0.5, 0.6) is 0 Å². The highest BCUT2D eigenvalue weighted by molar-refractivity contribution is 4.98. The molecule has 0 spiro atoms. The van der Waals surface area contributed by atoms with Gasteiger partial charge in [-0.15, -0.1) is 0 Å². The maximum absolute atomic E-state index is 11.1. The molecule has 0 aromatic rings. The molecule has 16 nitrogen and oxygen atoms in total. The Bertz CT molecular complexity index is 804. The van der Waals surface area contributed by atoms with Crippen LogP contribution in [0.4, 0.5) is 0 Å². The molecular formula is C24H47N5O11. The van der Waals surface area contributed by atoms with Crippen LogP contribution in [0.2, 0.25) is 0 Å². The Morgan fingerprint density at radius 3 is 2.02 bits per heavy atom. The van der Waals surface area contributed by atoms with Gasteiger partial charge in [0.15, 0.2) is 18.9 Å². The molecule has 0 aromatic carbocycles. The van der Waals surface area contributed by atoms with Gasteiger partial charge in [0.25, 0.3) is 0 Å². The zero-order valence-electron chi connectivity index (χ0n) is 22.6. The summed E-state index contributed by atoms with van der Waals surface area (Å²) in [5.41, 5.74) is 30.0. The Labute approximate surface area is 232 Å². The lowest BCUT2D eigenvalue weighted by Gasteiger charge is -2.46. The van der Waals surface area contributed by atoms with E-state index in [2.05, 4.69) is 0 Å². The van der Waals surface area contributed by atoms with Crippen molar-refractivity contribution in [2.24, 2.45) is 34.6 Å². The SMILES string of the molecule is C[C@@H]1C[C@H](N)[C@@H](O[C@H]2O[C@H](CN)C(O)C[C@H]2N)[C@H](O[C@H]2C[C@H](O[C@H]3O[C@@H](CN)[C@@H](O)[C@H](O)[C@H]3N)[C@@H](CO)O2)[C@H]1O. The normalized spacial score (nSPS) is 52.1. The number of hydrogen-bond acceptors (Lipinski definition) is 16. The molecule has 0 aromatic heterocycles. The zero-order chi connectivity index (χ0) is 29.3. The van der Waals surface area contributed by atoms with Gasteiger partial charge in [0.1, 0.15) is 36.6 Å². The minimum Gasteiger partial charge on any atom is -0.394 e. The molecule has 17 atom stereocenters. The monoisotopic (exact) mass is 581 g/mol. The van der Waals surface area contributed by atoms with E-state index in [1.54, 1.807) is 0 Å². The minimum atomic E-state index is -1.33. The van der Waals surface area contributed by atoms with Crippen LogP contribution in [0.1, 0.15) is 26.2 Å². The van der Waals surface area contributed by atoms with Crippen molar-refractivity contribution in [3.8, 4) is 0 Å². The summed E-state index contributed by atoms with van der Waals surface area (Å²) in [6.45, 7) is 1.42. The number of nitrogens with two attached hydrogens (primary N) is 5. The standard InChI is InChI=1S/C24H47N5O11/c1-8-2-9(27)21(40-23-10(28)3-11(31)13(5-25)37-23)22(18(8)32)39-16-4-12(15(7-30)35-16)36-24-17(29)20(34)19(33)14(6-26)38-24/h8-24,30-34H,2-7,25-29H2,1H3/t8-,9+,10-,11?,12+,13-,14+,15-,16+,17-,18+,19-,20-,21-,22-,23-,24+/m1/s1. The van der Waals surface area contributed by atoms with Gasteiger partial charge in [0.05, 0.1) is 43.1 Å². The first-order chi connectivity index (χ1) is 19.0. The van der Waals surface area contributed by atoms with Gasteiger partial charge in [-0.3, -0.25) is 0 Å². The predicted molar refractivity (Wildman–Crippen MR) is 137 cm³/mol. The Kier molecular flexibility index (Phi) is 11.1. The highest BCUT2D eigenvalue weighted by Crippen LogP contribution is 2.35. The molecule has 0 amide bonds. The first-order valence-electron chi connectivity index (χ1n) is 13.9. The first kappa shape index (κ1) is 32.3. The zero-order valence-corrected chi connectivity index (χ0v) is 22.6. The second-order valence-electron chi connectivity index (χ2n) is 11.3. The summed E-state index contributed by atoms with van der Waals surface area (Å²) in [6, 6.07) is -2.28. The van der Waals surface area contributed by atoms with Crippen molar-refractivity contribution in [3.63, 3.8) is 0 Å². The molecule has 40 heavy (non-hydrogen) atoms. The smallest absolute Gasteiger partial charge is 0.176 e. The van der Waals surface area contributed by atoms with Crippen LogP contribution in [0.3, 0.4) is 0 Å². The van der Waals surface area contributed by atoms with Gasteiger partial charge < -0.3 is 82.6 Å². The minimum absolute atomic E-state index is 0.0696. The molecule has 16 heteroatoms. The van der Waals surface area contributed by atoms with Crippen LogP contribution < -0.4 is 28.7 Å². The molecule has 4 rings (SSSR count). The summed E-state index contributed by atoms with van der Waals surface area (Å²) >= 11 is 0. The van der Waals surface area contributed by atoms with Crippen LogP contribution in [-0.2, 0) is 28.4 Å². The number of aliphatic hydroxyl groups excluding tert-OH is 5. The van der Waals surface area contributed by atoms with Crippen molar-refractivity contribution in [1.82, 2.24) is 0 Å². The van der Waals surface area contributed by atoms with Gasteiger partial charge in [0.2, 0.25) is 0 Å². The maximum atomic E-state index is 11.1. The fourth-order valence-corrected chi connectivity index (χ4v) is 5.90. The lowest BCUT2D eigenvalue weighted by atomic mass is 9.80. The quantitative estimate of drug-likeness (QED) is 0.121. The summed E-state index contributed by atoms with van der Waals surface area (Å²) < 4.78 is 35.7. The van der Waals surface area contributed by atoms with Crippen molar-refractivity contribution in [2.45, 2.75) is 124 Å². The van der Waals surface area contributed by atoms with E-state index in [9.17, 15) is 25.5 Å². The van der Waals surface area contributed by atoms with Gasteiger partial charge in [-0.25, -0.2) is 0 Å². The summed E-state index contributed by atoms with van der Waals surface area (Å²) in [5.74, 6) is -0.226. The fourth-order valence-electron chi connectivity index (χ4n) is 5.90. The fraction of sp³-hybridized carbons (Fsp3) is 1.00. The topological polar surface area (TPSA) is 287 Å². The first-order valence-corrected chi connectivity index (χ1v) is 13.9. The summed E-state index contributed by atoms with van der Waals surface area (Å²) in [7, 11) is 0. The van der Waals surface area contributed by atoms with Gasteiger partial charge in [-0.05, 0) is 18.8 Å². The van der Waals surface area contributed by atoms with Crippen LogP contribution in [-0.4, -0.2) is 143 Å². The average molecular weight is 582 g/mol. The molecule has 234 valence electrons. The van der Waals surface area contributed by atoms with Crippen LogP contribution in [0.15, 0.2) is 0 Å². The molecule has 1 aliphatic carbocycles. The number of aliphatic hydroxyl groups is 5. The van der Waals surface area contributed by atoms with E-state index in [0.29, 0.717) is 6.42 Å². The van der Waals surface area contributed by atoms with Gasteiger partial charge in [-0.2, -0.15) is 0 Å². The maximum Gasteiger partial charge on any atom is 0.176 e. The van der Waals surface area contributed by atoms with Gasteiger partial charge in [-0.1, -0.05) is 6.92 Å². The van der Waals surface area contributed by atoms with E-state index in [1.807, 2.05) is 6.92 Å². The molecule has 3 heterocycles. The number of ether oxygens (including phenoxy) is 6. The second kappa shape index (κ2) is 13.8. The Hall–Kier alpha value is -0.640. The molecule has 0 radical (unpaired) electrons. The molecule has 3 aliphatic heterocycles. The third-order valence-corrected chi connectivity index (χ3v) is 8.38. The van der Waals surface area contributed by atoms with Gasteiger partial charge in [0, 0.05) is 25.6 Å². The van der Waals surface area contributed by atoms with Crippen molar-refractivity contribution >= 4 is 0 Å².